The molecule has 4 aromatic heterocycles. The van der Waals surface area contributed by atoms with Crippen molar-refractivity contribution in [2.45, 2.75) is 13.5 Å². The summed E-state index contributed by atoms with van der Waals surface area (Å²) in [5.41, 5.74) is 7.19. The van der Waals surface area contributed by atoms with Crippen molar-refractivity contribution in [1.82, 2.24) is 29.1 Å². The lowest BCUT2D eigenvalue weighted by molar-refractivity contribution is 0.678. The van der Waals surface area contributed by atoms with Crippen molar-refractivity contribution >= 4 is 5.65 Å². The summed E-state index contributed by atoms with van der Waals surface area (Å²) >= 11 is 0. The van der Waals surface area contributed by atoms with Crippen molar-refractivity contribution in [1.29, 1.82) is 0 Å². The molecular formula is C22H18N6. The zero-order valence-corrected chi connectivity index (χ0v) is 15.4. The maximum absolute atomic E-state index is 4.74. The van der Waals surface area contributed by atoms with E-state index >= 15 is 0 Å². The van der Waals surface area contributed by atoms with E-state index in [2.05, 4.69) is 51.8 Å². The maximum atomic E-state index is 4.74. The second kappa shape index (κ2) is 6.74. The van der Waals surface area contributed by atoms with Crippen LogP contribution in [0.3, 0.4) is 0 Å². The first-order valence-corrected chi connectivity index (χ1v) is 9.09. The maximum Gasteiger partial charge on any atom is 0.140 e. The van der Waals surface area contributed by atoms with Gasteiger partial charge in [-0.1, -0.05) is 24.3 Å². The Morgan fingerprint density at radius 3 is 2.61 bits per heavy atom. The smallest absolute Gasteiger partial charge is 0.140 e. The average Bonchev–Trinajstić information content (AvgIpc) is 3.37. The van der Waals surface area contributed by atoms with Crippen molar-refractivity contribution in [2.75, 3.05) is 0 Å². The Morgan fingerprint density at radius 1 is 0.893 bits per heavy atom. The number of nitrogens with zero attached hydrogens (tertiary/aromatic N) is 6. The quantitative estimate of drug-likeness (QED) is 0.482. The molecule has 6 nitrogen and oxygen atoms in total. The van der Waals surface area contributed by atoms with Crippen LogP contribution < -0.4 is 0 Å². The minimum Gasteiger partial charge on any atom is -0.307 e. The standard InChI is InChI=1S/C22H18N6/c1-16-4-3-8-27-13-20(25-22(16)27)14-28-9-7-21(26-28)18-6-2-5-17(10-18)19-11-23-15-24-12-19/h2-13,15H,14H2,1H3. The number of benzene rings is 1. The van der Waals surface area contributed by atoms with Crippen molar-refractivity contribution in [3.8, 4) is 22.4 Å². The third-order valence-corrected chi connectivity index (χ3v) is 4.74. The van der Waals surface area contributed by atoms with Crippen LogP contribution in [0.4, 0.5) is 0 Å². The van der Waals surface area contributed by atoms with Crippen LogP contribution in [0.2, 0.25) is 0 Å². The molecule has 0 radical (unpaired) electrons. The first-order valence-electron chi connectivity index (χ1n) is 9.09. The van der Waals surface area contributed by atoms with E-state index in [0.29, 0.717) is 6.54 Å². The molecule has 0 N–H and O–H groups in total. The molecule has 0 saturated heterocycles. The Labute approximate surface area is 162 Å². The summed E-state index contributed by atoms with van der Waals surface area (Å²) in [5.74, 6) is 0. The van der Waals surface area contributed by atoms with Crippen molar-refractivity contribution < 1.29 is 0 Å². The Balaban J connectivity index is 1.42. The SMILES string of the molecule is Cc1cccn2cc(Cn3ccc(-c4cccc(-c5cncnc5)c4)n3)nc12. The highest BCUT2D eigenvalue weighted by molar-refractivity contribution is 5.70. The van der Waals surface area contributed by atoms with Gasteiger partial charge in [0.1, 0.15) is 12.0 Å². The molecule has 28 heavy (non-hydrogen) atoms. The number of imidazole rings is 1. The van der Waals surface area contributed by atoms with Gasteiger partial charge in [0.05, 0.1) is 17.9 Å². The molecule has 0 spiro atoms. The van der Waals surface area contributed by atoms with E-state index < -0.39 is 0 Å². The predicted molar refractivity (Wildman–Crippen MR) is 108 cm³/mol. The molecule has 0 unspecified atom stereocenters. The van der Waals surface area contributed by atoms with E-state index in [4.69, 9.17) is 10.1 Å². The van der Waals surface area contributed by atoms with Crippen LogP contribution in [0.1, 0.15) is 11.3 Å². The van der Waals surface area contributed by atoms with Gasteiger partial charge in [0.2, 0.25) is 0 Å². The first kappa shape index (κ1) is 16.4. The minimum absolute atomic E-state index is 0.632. The van der Waals surface area contributed by atoms with E-state index in [-0.39, 0.29) is 0 Å². The van der Waals surface area contributed by atoms with Crippen LogP contribution in [-0.2, 0) is 6.54 Å². The monoisotopic (exact) mass is 366 g/mol. The predicted octanol–water partition coefficient (Wildman–Crippen LogP) is 4.01. The summed E-state index contributed by atoms with van der Waals surface area (Å²) in [7, 11) is 0. The largest absolute Gasteiger partial charge is 0.307 e. The van der Waals surface area contributed by atoms with Crippen LogP contribution >= 0.6 is 0 Å². The number of pyridine rings is 1. The van der Waals surface area contributed by atoms with E-state index in [1.165, 1.54) is 6.33 Å². The Bertz CT molecular complexity index is 1250. The first-order chi connectivity index (χ1) is 13.8. The molecule has 1 aromatic carbocycles. The average molecular weight is 366 g/mol. The number of rotatable bonds is 4. The number of fused-ring (bicyclic) bond motifs is 1. The zero-order valence-electron chi connectivity index (χ0n) is 15.4. The van der Waals surface area contributed by atoms with Crippen LogP contribution in [0.15, 0.2) is 79.8 Å². The highest BCUT2D eigenvalue weighted by atomic mass is 15.3. The van der Waals surface area contributed by atoms with Gasteiger partial charge in [-0.2, -0.15) is 5.10 Å². The van der Waals surface area contributed by atoms with Crippen LogP contribution in [0.25, 0.3) is 28.0 Å². The molecule has 136 valence electrons. The third-order valence-electron chi connectivity index (χ3n) is 4.74. The van der Waals surface area contributed by atoms with Crippen LogP contribution in [-0.4, -0.2) is 29.1 Å². The Hall–Kier alpha value is -3.80. The molecule has 5 rings (SSSR count). The van der Waals surface area contributed by atoms with Gasteiger partial charge in [0, 0.05) is 42.1 Å². The lowest BCUT2D eigenvalue weighted by atomic mass is 10.0. The molecule has 0 saturated carbocycles. The highest BCUT2D eigenvalue weighted by Gasteiger charge is 2.08. The van der Waals surface area contributed by atoms with E-state index in [0.717, 1.165) is 39.3 Å². The van der Waals surface area contributed by atoms with Gasteiger partial charge in [-0.05, 0) is 36.2 Å². The van der Waals surface area contributed by atoms with E-state index in [9.17, 15) is 0 Å². The normalized spacial score (nSPS) is 11.2. The summed E-state index contributed by atoms with van der Waals surface area (Å²) in [6.45, 7) is 2.70. The summed E-state index contributed by atoms with van der Waals surface area (Å²) < 4.78 is 3.98. The van der Waals surface area contributed by atoms with Gasteiger partial charge in [-0.25, -0.2) is 15.0 Å². The molecule has 6 heteroatoms. The van der Waals surface area contributed by atoms with Gasteiger partial charge in [0.15, 0.2) is 0 Å². The summed E-state index contributed by atoms with van der Waals surface area (Å²) in [5, 5.41) is 4.74. The summed E-state index contributed by atoms with van der Waals surface area (Å²) in [6, 6.07) is 14.4. The second-order valence-corrected chi connectivity index (χ2v) is 6.76. The Morgan fingerprint density at radius 2 is 1.75 bits per heavy atom. The fourth-order valence-corrected chi connectivity index (χ4v) is 3.36. The molecule has 5 aromatic rings. The molecule has 0 fully saturated rings. The number of aromatic nitrogens is 6. The molecule has 0 aliphatic rings. The molecule has 0 bridgehead atoms. The molecular weight excluding hydrogens is 348 g/mol. The minimum atomic E-state index is 0.632. The van der Waals surface area contributed by atoms with E-state index in [1.807, 2.05) is 47.7 Å². The highest BCUT2D eigenvalue weighted by Crippen LogP contribution is 2.24. The van der Waals surface area contributed by atoms with Gasteiger partial charge < -0.3 is 4.40 Å². The zero-order chi connectivity index (χ0) is 18.9. The molecule has 4 heterocycles. The van der Waals surface area contributed by atoms with Gasteiger partial charge in [-0.3, -0.25) is 4.68 Å². The van der Waals surface area contributed by atoms with Crippen molar-refractivity contribution in [3.63, 3.8) is 0 Å². The number of hydrogen-bond donors (Lipinski definition) is 0. The lowest BCUT2D eigenvalue weighted by Crippen LogP contribution is -2.00. The van der Waals surface area contributed by atoms with Crippen LogP contribution in [0.5, 0.6) is 0 Å². The number of aryl methyl sites for hydroxylation is 1. The summed E-state index contributed by atoms with van der Waals surface area (Å²) in [4.78, 5) is 12.9. The van der Waals surface area contributed by atoms with Gasteiger partial charge in [-0.15, -0.1) is 0 Å². The second-order valence-electron chi connectivity index (χ2n) is 6.76. The van der Waals surface area contributed by atoms with Crippen LogP contribution in [0, 0.1) is 6.92 Å². The topological polar surface area (TPSA) is 60.9 Å². The molecule has 0 atom stereocenters. The fraction of sp³-hybridized carbons (Fsp3) is 0.0909. The molecule has 0 amide bonds. The Kier molecular flexibility index (Phi) is 3.94. The summed E-state index contributed by atoms with van der Waals surface area (Å²) in [6.07, 6.45) is 11.2. The molecule has 0 aliphatic carbocycles. The van der Waals surface area contributed by atoms with Crippen molar-refractivity contribution in [3.05, 3.63) is 91.0 Å². The van der Waals surface area contributed by atoms with Gasteiger partial charge >= 0.3 is 0 Å². The fourth-order valence-electron chi connectivity index (χ4n) is 3.36. The van der Waals surface area contributed by atoms with Gasteiger partial charge in [0.25, 0.3) is 0 Å². The van der Waals surface area contributed by atoms with Crippen molar-refractivity contribution in [2.24, 2.45) is 0 Å². The van der Waals surface area contributed by atoms with E-state index in [1.54, 1.807) is 0 Å². The number of hydrogen-bond acceptors (Lipinski definition) is 4. The lowest BCUT2D eigenvalue weighted by Gasteiger charge is -2.03. The third kappa shape index (κ3) is 3.05. The molecule has 0 aliphatic heterocycles.